The molecule has 2 heterocycles. The Morgan fingerprint density at radius 2 is 1.91 bits per heavy atom. The number of carbonyl (C=O) groups is 2. The Labute approximate surface area is 191 Å². The van der Waals surface area contributed by atoms with Crippen molar-refractivity contribution in [1.82, 2.24) is 4.90 Å². The van der Waals surface area contributed by atoms with Gasteiger partial charge in [0, 0.05) is 23.8 Å². The number of hydrogen-bond acceptors (Lipinski definition) is 7. The van der Waals surface area contributed by atoms with Crippen LogP contribution in [0.5, 0.6) is 0 Å². The molecule has 4 rings (SSSR count). The second-order valence-electron chi connectivity index (χ2n) is 6.71. The highest BCUT2D eigenvalue weighted by molar-refractivity contribution is 8.26. The Bertz CT molecular complexity index is 1270. The van der Waals surface area contributed by atoms with Gasteiger partial charge in [-0.2, -0.15) is 0 Å². The van der Waals surface area contributed by atoms with Crippen LogP contribution < -0.4 is 0 Å². The number of non-ortho nitro benzene ring substituents is 1. The summed E-state index contributed by atoms with van der Waals surface area (Å²) < 4.78 is 5.86. The number of furan rings is 1. The zero-order chi connectivity index (χ0) is 22.8. The van der Waals surface area contributed by atoms with Gasteiger partial charge in [0.2, 0.25) is 0 Å². The normalized spacial score (nSPS) is 15.9. The van der Waals surface area contributed by atoms with E-state index in [4.69, 9.17) is 16.6 Å². The maximum absolute atomic E-state index is 13.0. The van der Waals surface area contributed by atoms with Crippen molar-refractivity contribution in [3.8, 4) is 11.3 Å². The van der Waals surface area contributed by atoms with E-state index in [0.29, 0.717) is 22.6 Å². The second-order valence-corrected chi connectivity index (χ2v) is 8.39. The third kappa shape index (κ3) is 4.18. The van der Waals surface area contributed by atoms with E-state index in [-0.39, 0.29) is 14.9 Å². The SMILES string of the molecule is O=C(O)C(c1ccccc1)N1C(=O)/C(=C/c2ccc(-c3cccc([N+](=O)[O-])c3)o2)SC1=S. The molecule has 0 aliphatic carbocycles. The molecule has 1 aliphatic rings. The van der Waals surface area contributed by atoms with Crippen molar-refractivity contribution in [2.24, 2.45) is 0 Å². The van der Waals surface area contributed by atoms with Gasteiger partial charge in [0.25, 0.3) is 11.6 Å². The molecular weight excluding hydrogens is 452 g/mol. The van der Waals surface area contributed by atoms with Gasteiger partial charge in [0.05, 0.1) is 9.83 Å². The highest BCUT2D eigenvalue weighted by Crippen LogP contribution is 2.39. The minimum absolute atomic E-state index is 0.0676. The number of aliphatic carboxylic acids is 1. The molecule has 8 nitrogen and oxygen atoms in total. The highest BCUT2D eigenvalue weighted by Gasteiger charge is 2.41. The topological polar surface area (TPSA) is 114 Å². The number of rotatable bonds is 6. The molecule has 0 spiro atoms. The fourth-order valence-corrected chi connectivity index (χ4v) is 4.52. The van der Waals surface area contributed by atoms with Crippen LogP contribution in [0.3, 0.4) is 0 Å². The number of nitrogens with zero attached hydrogens (tertiary/aromatic N) is 2. The maximum Gasteiger partial charge on any atom is 0.331 e. The van der Waals surface area contributed by atoms with E-state index >= 15 is 0 Å². The van der Waals surface area contributed by atoms with Crippen molar-refractivity contribution < 1.29 is 24.0 Å². The first kappa shape index (κ1) is 21.5. The number of carboxylic acids is 1. The largest absolute Gasteiger partial charge is 0.479 e. The van der Waals surface area contributed by atoms with Crippen LogP contribution in [0.25, 0.3) is 17.4 Å². The van der Waals surface area contributed by atoms with Crippen LogP contribution in [0.1, 0.15) is 17.4 Å². The number of thioether (sulfide) groups is 1. The fraction of sp³-hybridized carbons (Fsp3) is 0.0455. The standard InChI is InChI=1S/C22H14N2O6S2/c25-20-18(32-22(31)23(20)19(21(26)27)13-5-2-1-3-6-13)12-16-9-10-17(30-16)14-7-4-8-15(11-14)24(28)29/h1-12,19H,(H,26,27)/b18-12-. The Balaban J connectivity index is 1.62. The van der Waals surface area contributed by atoms with Crippen LogP contribution in [-0.4, -0.2) is 31.1 Å². The molecule has 2 aromatic carbocycles. The number of nitro benzene ring substituents is 1. The minimum atomic E-state index is -1.24. The Kier molecular flexibility index (Phi) is 5.89. The van der Waals surface area contributed by atoms with Crippen molar-refractivity contribution >= 4 is 51.9 Å². The fourth-order valence-electron chi connectivity index (χ4n) is 3.23. The first-order valence-electron chi connectivity index (χ1n) is 9.24. The van der Waals surface area contributed by atoms with Crippen LogP contribution in [0.4, 0.5) is 5.69 Å². The van der Waals surface area contributed by atoms with E-state index in [9.17, 15) is 24.8 Å². The molecule has 1 amide bonds. The lowest BCUT2D eigenvalue weighted by molar-refractivity contribution is -0.384. The second kappa shape index (κ2) is 8.77. The highest BCUT2D eigenvalue weighted by atomic mass is 32.2. The summed E-state index contributed by atoms with van der Waals surface area (Å²) in [6, 6.07) is 16.4. The van der Waals surface area contributed by atoms with Gasteiger partial charge < -0.3 is 9.52 Å². The molecule has 1 aliphatic heterocycles. The summed E-state index contributed by atoms with van der Waals surface area (Å²) in [5, 5.41) is 20.7. The molecule has 0 bridgehead atoms. The number of benzene rings is 2. The number of thiocarbonyl (C=S) groups is 1. The van der Waals surface area contributed by atoms with Crippen molar-refractivity contribution in [2.45, 2.75) is 6.04 Å². The Morgan fingerprint density at radius 3 is 2.59 bits per heavy atom. The smallest absolute Gasteiger partial charge is 0.331 e. The van der Waals surface area contributed by atoms with Crippen LogP contribution in [0.2, 0.25) is 0 Å². The van der Waals surface area contributed by atoms with Crippen LogP contribution in [-0.2, 0) is 9.59 Å². The predicted octanol–water partition coefficient (Wildman–Crippen LogP) is 4.88. The van der Waals surface area contributed by atoms with Crippen LogP contribution in [0.15, 0.2) is 76.1 Å². The molecule has 1 unspecified atom stereocenters. The summed E-state index contributed by atoms with van der Waals surface area (Å²) >= 11 is 6.28. The van der Waals surface area contributed by atoms with Crippen molar-refractivity contribution in [2.75, 3.05) is 0 Å². The zero-order valence-electron chi connectivity index (χ0n) is 16.2. The minimum Gasteiger partial charge on any atom is -0.479 e. The maximum atomic E-state index is 13.0. The predicted molar refractivity (Wildman–Crippen MR) is 123 cm³/mol. The molecule has 160 valence electrons. The molecule has 32 heavy (non-hydrogen) atoms. The van der Waals surface area contributed by atoms with E-state index in [2.05, 4.69) is 0 Å². The summed E-state index contributed by atoms with van der Waals surface area (Å²) in [6.07, 6.45) is 1.48. The van der Waals surface area contributed by atoms with Gasteiger partial charge in [0.1, 0.15) is 15.8 Å². The average Bonchev–Trinajstić information content (AvgIpc) is 3.35. The number of amides is 1. The molecule has 1 aromatic heterocycles. The number of carboxylic acid groups (broad SMARTS) is 1. The Hall–Kier alpha value is -3.76. The van der Waals surface area contributed by atoms with Gasteiger partial charge in [0.15, 0.2) is 6.04 Å². The number of hydrogen-bond donors (Lipinski definition) is 1. The monoisotopic (exact) mass is 466 g/mol. The van der Waals surface area contributed by atoms with Crippen molar-refractivity contribution in [3.05, 3.63) is 93.1 Å². The summed E-state index contributed by atoms with van der Waals surface area (Å²) in [7, 11) is 0. The van der Waals surface area contributed by atoms with Gasteiger partial charge in [-0.15, -0.1) is 0 Å². The molecule has 1 fully saturated rings. The van der Waals surface area contributed by atoms with Crippen LogP contribution in [0, 0.1) is 10.1 Å². The van der Waals surface area contributed by atoms with Crippen molar-refractivity contribution in [3.63, 3.8) is 0 Å². The van der Waals surface area contributed by atoms with Gasteiger partial charge >= 0.3 is 5.97 Å². The first-order chi connectivity index (χ1) is 15.3. The van der Waals surface area contributed by atoms with Crippen molar-refractivity contribution in [1.29, 1.82) is 0 Å². The lowest BCUT2D eigenvalue weighted by atomic mass is 10.1. The Morgan fingerprint density at radius 1 is 1.16 bits per heavy atom. The van der Waals surface area contributed by atoms with E-state index in [1.165, 1.54) is 18.2 Å². The lowest BCUT2D eigenvalue weighted by Crippen LogP contribution is -2.37. The lowest BCUT2D eigenvalue weighted by Gasteiger charge is -2.23. The summed E-state index contributed by atoms with van der Waals surface area (Å²) in [4.78, 5) is 36.7. The molecule has 0 saturated carbocycles. The molecule has 10 heteroatoms. The van der Waals surface area contributed by atoms with E-state index in [0.717, 1.165) is 16.7 Å². The summed E-state index contributed by atoms with van der Waals surface area (Å²) in [5.74, 6) is -1.01. The molecule has 1 saturated heterocycles. The molecule has 3 aromatic rings. The number of carbonyl (C=O) groups excluding carboxylic acids is 1. The number of nitro groups is 1. The summed E-state index contributed by atoms with van der Waals surface area (Å²) in [5.41, 5.74) is 0.881. The zero-order valence-corrected chi connectivity index (χ0v) is 17.8. The third-order valence-corrected chi connectivity index (χ3v) is 6.00. The van der Waals surface area contributed by atoms with Gasteiger partial charge in [-0.05, 0) is 17.7 Å². The van der Waals surface area contributed by atoms with Gasteiger partial charge in [-0.25, -0.2) is 4.79 Å². The summed E-state index contributed by atoms with van der Waals surface area (Å²) in [6.45, 7) is 0. The first-order valence-corrected chi connectivity index (χ1v) is 10.5. The molecule has 0 radical (unpaired) electrons. The third-order valence-electron chi connectivity index (χ3n) is 4.67. The van der Waals surface area contributed by atoms with Gasteiger partial charge in [-0.3, -0.25) is 19.8 Å². The quantitative estimate of drug-likeness (QED) is 0.237. The van der Waals surface area contributed by atoms with E-state index < -0.39 is 22.8 Å². The average molecular weight is 466 g/mol. The van der Waals surface area contributed by atoms with Gasteiger partial charge in [-0.1, -0.05) is 66.4 Å². The molecular formula is C22H14N2O6S2. The molecule has 1 N–H and O–H groups in total. The van der Waals surface area contributed by atoms with Crippen LogP contribution >= 0.6 is 24.0 Å². The van der Waals surface area contributed by atoms with E-state index in [1.807, 2.05) is 0 Å². The van der Waals surface area contributed by atoms with E-state index in [1.54, 1.807) is 54.6 Å². The molecule has 1 atom stereocenters.